The summed E-state index contributed by atoms with van der Waals surface area (Å²) in [5.74, 6) is -0.432. The van der Waals surface area contributed by atoms with Gasteiger partial charge in [0.05, 0.1) is 10.6 Å². The second-order valence-corrected chi connectivity index (χ2v) is 5.77. The molecule has 3 aromatic rings. The third kappa shape index (κ3) is 3.13. The summed E-state index contributed by atoms with van der Waals surface area (Å²) in [6, 6.07) is 9.89. The van der Waals surface area contributed by atoms with E-state index in [1.807, 2.05) is 18.2 Å². The van der Waals surface area contributed by atoms with E-state index in [0.29, 0.717) is 22.1 Å². The van der Waals surface area contributed by atoms with Gasteiger partial charge in [-0.3, -0.25) is 25.2 Å². The van der Waals surface area contributed by atoms with Gasteiger partial charge in [0.25, 0.3) is 11.6 Å². The van der Waals surface area contributed by atoms with E-state index in [1.54, 1.807) is 24.6 Å². The van der Waals surface area contributed by atoms with Gasteiger partial charge in [-0.1, -0.05) is 12.1 Å². The molecule has 0 radical (unpaired) electrons. The van der Waals surface area contributed by atoms with E-state index in [1.165, 1.54) is 23.5 Å². The molecule has 1 N–H and O–H groups in total. The monoisotopic (exact) mass is 340 g/mol. The Bertz CT molecular complexity index is 909. The Hall–Kier alpha value is -3.13. The first-order valence-corrected chi connectivity index (χ1v) is 7.86. The lowest BCUT2D eigenvalue weighted by molar-refractivity contribution is -0.385. The number of hydrogen-bond acceptors (Lipinski definition) is 6. The zero-order valence-electron chi connectivity index (χ0n) is 12.6. The van der Waals surface area contributed by atoms with Gasteiger partial charge >= 0.3 is 0 Å². The summed E-state index contributed by atoms with van der Waals surface area (Å²) in [7, 11) is 0. The number of benzene rings is 1. The summed E-state index contributed by atoms with van der Waals surface area (Å²) in [5, 5.41) is 15.8. The smallest absolute Gasteiger partial charge is 0.273 e. The molecule has 2 aromatic heterocycles. The van der Waals surface area contributed by atoms with Gasteiger partial charge in [0.15, 0.2) is 5.13 Å². The second kappa shape index (κ2) is 6.55. The Balaban J connectivity index is 1.83. The number of pyridine rings is 1. The zero-order chi connectivity index (χ0) is 17.1. The number of nitrogens with one attached hydrogen (secondary N) is 1. The Morgan fingerprint density at radius 3 is 2.75 bits per heavy atom. The molecule has 0 saturated heterocycles. The van der Waals surface area contributed by atoms with Crippen LogP contribution in [-0.2, 0) is 0 Å². The molecular weight excluding hydrogens is 328 g/mol. The van der Waals surface area contributed by atoms with Crippen LogP contribution in [0.1, 0.15) is 15.9 Å². The van der Waals surface area contributed by atoms with Crippen molar-refractivity contribution in [1.29, 1.82) is 0 Å². The summed E-state index contributed by atoms with van der Waals surface area (Å²) in [4.78, 5) is 31.4. The molecule has 8 heteroatoms. The molecule has 0 aliphatic heterocycles. The SMILES string of the molecule is Cc1c(C(=O)Nc2nc(-c3ccccn3)cs2)cccc1[N+](=O)[O-]. The van der Waals surface area contributed by atoms with E-state index < -0.39 is 10.8 Å². The Kier molecular flexibility index (Phi) is 4.30. The molecule has 0 saturated carbocycles. The summed E-state index contributed by atoms with van der Waals surface area (Å²) >= 11 is 1.27. The van der Waals surface area contributed by atoms with Crippen molar-refractivity contribution in [3.8, 4) is 11.4 Å². The van der Waals surface area contributed by atoms with Crippen LogP contribution in [0.4, 0.5) is 10.8 Å². The average Bonchev–Trinajstić information content (AvgIpc) is 3.04. The molecule has 3 rings (SSSR count). The predicted molar refractivity (Wildman–Crippen MR) is 91.1 cm³/mol. The van der Waals surface area contributed by atoms with Crippen LogP contribution in [0.25, 0.3) is 11.4 Å². The van der Waals surface area contributed by atoms with E-state index in [0.717, 1.165) is 0 Å². The number of thiazole rings is 1. The highest BCUT2D eigenvalue weighted by molar-refractivity contribution is 7.14. The molecule has 0 bridgehead atoms. The summed E-state index contributed by atoms with van der Waals surface area (Å²) in [6.07, 6.45) is 1.67. The van der Waals surface area contributed by atoms with Gasteiger partial charge in [-0.25, -0.2) is 4.98 Å². The van der Waals surface area contributed by atoms with Crippen molar-refractivity contribution in [3.63, 3.8) is 0 Å². The highest BCUT2D eigenvalue weighted by Crippen LogP contribution is 2.25. The molecule has 1 aromatic carbocycles. The zero-order valence-corrected chi connectivity index (χ0v) is 13.4. The Labute approximate surface area is 141 Å². The van der Waals surface area contributed by atoms with Crippen LogP contribution in [0.5, 0.6) is 0 Å². The third-order valence-corrected chi connectivity index (χ3v) is 4.16. The summed E-state index contributed by atoms with van der Waals surface area (Å²) in [6.45, 7) is 1.55. The number of anilines is 1. The average molecular weight is 340 g/mol. The first-order chi connectivity index (χ1) is 11.6. The fourth-order valence-electron chi connectivity index (χ4n) is 2.19. The van der Waals surface area contributed by atoms with E-state index in [9.17, 15) is 14.9 Å². The minimum Gasteiger partial charge on any atom is -0.298 e. The lowest BCUT2D eigenvalue weighted by Gasteiger charge is -2.05. The van der Waals surface area contributed by atoms with Crippen LogP contribution in [0.3, 0.4) is 0 Å². The highest BCUT2D eigenvalue weighted by atomic mass is 32.1. The lowest BCUT2D eigenvalue weighted by Crippen LogP contribution is -2.14. The van der Waals surface area contributed by atoms with Crippen LogP contribution in [-0.4, -0.2) is 20.8 Å². The van der Waals surface area contributed by atoms with Gasteiger partial charge in [-0.2, -0.15) is 0 Å². The van der Waals surface area contributed by atoms with Crippen LogP contribution >= 0.6 is 11.3 Å². The summed E-state index contributed by atoms with van der Waals surface area (Å²) in [5.41, 5.74) is 1.85. The van der Waals surface area contributed by atoms with Crippen molar-refractivity contribution in [3.05, 3.63) is 69.2 Å². The maximum absolute atomic E-state index is 12.4. The first kappa shape index (κ1) is 15.8. The predicted octanol–water partition coefficient (Wildman–Crippen LogP) is 3.67. The number of carbonyl (C=O) groups excluding carboxylic acids is 1. The molecule has 0 aliphatic rings. The van der Waals surface area contributed by atoms with Crippen LogP contribution < -0.4 is 5.32 Å². The molecule has 24 heavy (non-hydrogen) atoms. The molecule has 0 atom stereocenters. The van der Waals surface area contributed by atoms with Crippen molar-refractivity contribution >= 4 is 28.1 Å². The van der Waals surface area contributed by atoms with Gasteiger partial charge in [0.2, 0.25) is 0 Å². The quantitative estimate of drug-likeness (QED) is 0.577. The number of amides is 1. The van der Waals surface area contributed by atoms with Gasteiger partial charge in [-0.05, 0) is 25.1 Å². The minimum atomic E-state index is -0.505. The fourth-order valence-corrected chi connectivity index (χ4v) is 2.89. The fraction of sp³-hybridized carbons (Fsp3) is 0.0625. The largest absolute Gasteiger partial charge is 0.298 e. The number of nitro benzene ring substituents is 1. The molecule has 2 heterocycles. The van der Waals surface area contributed by atoms with Crippen LogP contribution in [0.15, 0.2) is 48.0 Å². The number of hydrogen-bond donors (Lipinski definition) is 1. The van der Waals surface area contributed by atoms with Gasteiger partial charge in [0.1, 0.15) is 5.69 Å². The van der Waals surface area contributed by atoms with Gasteiger partial charge in [-0.15, -0.1) is 11.3 Å². The van der Waals surface area contributed by atoms with Crippen LogP contribution in [0.2, 0.25) is 0 Å². The molecule has 0 spiro atoms. The number of rotatable bonds is 4. The normalized spacial score (nSPS) is 10.4. The number of nitrogens with zero attached hydrogens (tertiary/aromatic N) is 3. The van der Waals surface area contributed by atoms with Gasteiger partial charge < -0.3 is 0 Å². The number of carbonyl (C=O) groups is 1. The maximum Gasteiger partial charge on any atom is 0.273 e. The third-order valence-electron chi connectivity index (χ3n) is 3.40. The standard InChI is InChI=1S/C16H12N4O3S/c1-10-11(5-4-7-14(10)20(22)23)15(21)19-16-18-13(9-24-16)12-6-2-3-8-17-12/h2-9H,1H3,(H,18,19,21). The molecular formula is C16H12N4O3S. The minimum absolute atomic E-state index is 0.0871. The Morgan fingerprint density at radius 1 is 1.21 bits per heavy atom. The van der Waals surface area contributed by atoms with Gasteiger partial charge in [0, 0.05) is 28.8 Å². The molecule has 0 unspecified atom stereocenters. The highest BCUT2D eigenvalue weighted by Gasteiger charge is 2.19. The second-order valence-electron chi connectivity index (χ2n) is 4.91. The Morgan fingerprint density at radius 2 is 2.04 bits per heavy atom. The maximum atomic E-state index is 12.4. The van der Waals surface area contributed by atoms with E-state index in [2.05, 4.69) is 15.3 Å². The van der Waals surface area contributed by atoms with Crippen molar-refractivity contribution < 1.29 is 9.72 Å². The lowest BCUT2D eigenvalue weighted by atomic mass is 10.1. The van der Waals surface area contributed by atoms with E-state index in [4.69, 9.17) is 0 Å². The molecule has 7 nitrogen and oxygen atoms in total. The molecule has 1 amide bonds. The van der Waals surface area contributed by atoms with Crippen LogP contribution in [0, 0.1) is 17.0 Å². The van der Waals surface area contributed by atoms with Crippen molar-refractivity contribution in [2.75, 3.05) is 5.32 Å². The topological polar surface area (TPSA) is 98.0 Å². The molecule has 0 aliphatic carbocycles. The number of aromatic nitrogens is 2. The van der Waals surface area contributed by atoms with E-state index >= 15 is 0 Å². The molecule has 120 valence electrons. The summed E-state index contributed by atoms with van der Waals surface area (Å²) < 4.78 is 0. The van der Waals surface area contributed by atoms with Crippen molar-refractivity contribution in [2.24, 2.45) is 0 Å². The first-order valence-electron chi connectivity index (χ1n) is 6.98. The number of nitro groups is 1. The van der Waals surface area contributed by atoms with Crippen molar-refractivity contribution in [1.82, 2.24) is 9.97 Å². The molecule has 0 fully saturated rings. The van der Waals surface area contributed by atoms with E-state index in [-0.39, 0.29) is 11.3 Å². The van der Waals surface area contributed by atoms with Crippen molar-refractivity contribution in [2.45, 2.75) is 6.92 Å².